The molecule has 2 radical (unpaired) electrons. The second-order valence-electron chi connectivity index (χ2n) is 13.0. The fourth-order valence-corrected chi connectivity index (χ4v) is 6.53. The number of unbranched alkanes of at least 4 members (excludes halogenated alkanes) is 1. The Morgan fingerprint density at radius 3 is 1.92 bits per heavy atom. The van der Waals surface area contributed by atoms with Crippen molar-refractivity contribution in [2.45, 2.75) is 112 Å². The summed E-state index contributed by atoms with van der Waals surface area (Å²) in [6.07, 6.45) is 2.52. The summed E-state index contributed by atoms with van der Waals surface area (Å²) < 4.78 is 19.6. The molecule has 0 bridgehead atoms. The van der Waals surface area contributed by atoms with E-state index in [4.69, 9.17) is 18.7 Å². The van der Waals surface area contributed by atoms with Crippen molar-refractivity contribution < 1.29 is 23.5 Å². The topological polar surface area (TPSA) is 65.0 Å². The van der Waals surface area contributed by atoms with Crippen LogP contribution in [-0.4, -0.2) is 29.2 Å². The summed E-state index contributed by atoms with van der Waals surface area (Å²) in [5.74, 6) is 0.0884. The largest absolute Gasteiger partial charge is 0.489 e. The SMILES string of the molecule is C[Si](C)OC(c1ccc(COc2cccc(CCCCC(=O)O)c2)cc1C(O[Si](C)C)C(C)(C)C)C(C)(C)C. The standard InChI is InChI=1S/C32H50O5Si2/c1-31(2,3)29(36-38(7)8)26-19-18-24(21-27(26)30(32(4,5)6)37-39(9)10)22-35-25-16-13-15-23(20-25)14-11-12-17-28(33)34/h13,15-16,18-21,29-30H,11-12,14,17,22H2,1-10H3,(H,33,34). The number of rotatable bonds is 14. The molecule has 5 nitrogen and oxygen atoms in total. The predicted octanol–water partition coefficient (Wildman–Crippen LogP) is 8.77. The molecule has 0 aromatic heterocycles. The minimum absolute atomic E-state index is 0.0259. The van der Waals surface area contributed by atoms with Gasteiger partial charge in [0.05, 0.1) is 12.2 Å². The van der Waals surface area contributed by atoms with Gasteiger partial charge >= 0.3 is 5.97 Å². The van der Waals surface area contributed by atoms with E-state index < -0.39 is 24.0 Å². The first kappa shape index (κ1) is 33.3. The molecule has 2 aromatic carbocycles. The summed E-state index contributed by atoms with van der Waals surface area (Å²) in [5.41, 5.74) is 4.53. The molecule has 7 heteroatoms. The summed E-state index contributed by atoms with van der Waals surface area (Å²) in [6.45, 7) is 22.7. The van der Waals surface area contributed by atoms with Gasteiger partial charge in [0.2, 0.25) is 18.1 Å². The third kappa shape index (κ3) is 11.2. The lowest BCUT2D eigenvalue weighted by molar-refractivity contribution is -0.137. The van der Waals surface area contributed by atoms with Crippen LogP contribution in [-0.2, 0) is 26.7 Å². The number of carbonyl (C=O) groups is 1. The molecule has 0 saturated heterocycles. The van der Waals surface area contributed by atoms with Crippen LogP contribution in [0, 0.1) is 10.8 Å². The fraction of sp³-hybridized carbons (Fsp3) is 0.594. The maximum atomic E-state index is 10.8. The zero-order valence-corrected chi connectivity index (χ0v) is 27.8. The highest BCUT2D eigenvalue weighted by Gasteiger charge is 2.36. The Bertz CT molecular complexity index is 1050. The van der Waals surface area contributed by atoms with Gasteiger partial charge in [-0.25, -0.2) is 0 Å². The van der Waals surface area contributed by atoms with E-state index in [1.165, 1.54) is 11.1 Å². The lowest BCUT2D eigenvalue weighted by atomic mass is 9.77. The lowest BCUT2D eigenvalue weighted by Crippen LogP contribution is -2.31. The maximum absolute atomic E-state index is 10.8. The van der Waals surface area contributed by atoms with Gasteiger partial charge in [0, 0.05) is 6.42 Å². The molecule has 0 aliphatic carbocycles. The van der Waals surface area contributed by atoms with E-state index in [2.05, 4.69) is 98.1 Å². The molecule has 216 valence electrons. The number of hydrogen-bond donors (Lipinski definition) is 1. The molecule has 0 aliphatic heterocycles. The van der Waals surface area contributed by atoms with Crippen molar-refractivity contribution in [3.8, 4) is 5.75 Å². The highest BCUT2D eigenvalue weighted by Crippen LogP contribution is 2.45. The van der Waals surface area contributed by atoms with Gasteiger partial charge < -0.3 is 18.7 Å². The summed E-state index contributed by atoms with van der Waals surface area (Å²) in [5, 5.41) is 8.87. The molecule has 0 amide bonds. The van der Waals surface area contributed by atoms with Crippen molar-refractivity contribution in [3.05, 3.63) is 64.7 Å². The first-order valence-corrected chi connectivity index (χ1v) is 18.9. The van der Waals surface area contributed by atoms with Crippen molar-refractivity contribution in [3.63, 3.8) is 0 Å². The summed E-state index contributed by atoms with van der Waals surface area (Å²) in [6, 6.07) is 14.8. The Hall–Kier alpha value is -1.94. The number of benzene rings is 2. The van der Waals surface area contributed by atoms with Gasteiger partial charge in [-0.3, -0.25) is 4.79 Å². The fourth-order valence-electron chi connectivity index (χ4n) is 4.63. The van der Waals surface area contributed by atoms with Crippen molar-refractivity contribution in [1.82, 2.24) is 0 Å². The Balaban J connectivity index is 2.38. The summed E-state index contributed by atoms with van der Waals surface area (Å²) >= 11 is 0. The quantitative estimate of drug-likeness (QED) is 0.182. The van der Waals surface area contributed by atoms with E-state index in [1.807, 2.05) is 12.1 Å². The molecule has 0 fully saturated rings. The van der Waals surface area contributed by atoms with Crippen molar-refractivity contribution in [2.75, 3.05) is 0 Å². The third-order valence-corrected chi connectivity index (χ3v) is 7.82. The molecule has 1 N–H and O–H groups in total. The van der Waals surface area contributed by atoms with E-state index >= 15 is 0 Å². The number of carboxylic acids is 1. The zero-order valence-electron chi connectivity index (χ0n) is 25.8. The van der Waals surface area contributed by atoms with Gasteiger partial charge in [-0.2, -0.15) is 0 Å². The van der Waals surface area contributed by atoms with Crippen LogP contribution < -0.4 is 4.74 Å². The van der Waals surface area contributed by atoms with Gasteiger partial charge in [0.15, 0.2) is 0 Å². The Labute approximate surface area is 240 Å². The van der Waals surface area contributed by atoms with Crippen molar-refractivity contribution in [1.29, 1.82) is 0 Å². The summed E-state index contributed by atoms with van der Waals surface area (Å²) in [4.78, 5) is 10.8. The van der Waals surface area contributed by atoms with Crippen LogP contribution in [0.5, 0.6) is 5.75 Å². The molecule has 2 atom stereocenters. The van der Waals surface area contributed by atoms with E-state index in [-0.39, 0.29) is 29.5 Å². The van der Waals surface area contributed by atoms with Crippen LogP contribution in [0.25, 0.3) is 0 Å². The van der Waals surface area contributed by atoms with Crippen molar-refractivity contribution >= 4 is 24.0 Å². The minimum Gasteiger partial charge on any atom is -0.489 e. The monoisotopic (exact) mass is 570 g/mol. The first-order valence-electron chi connectivity index (χ1n) is 14.1. The predicted molar refractivity (Wildman–Crippen MR) is 164 cm³/mol. The van der Waals surface area contributed by atoms with E-state index in [9.17, 15) is 4.79 Å². The molecule has 0 heterocycles. The van der Waals surface area contributed by atoms with Crippen molar-refractivity contribution in [2.24, 2.45) is 10.8 Å². The normalized spacial score (nSPS) is 14.1. The second kappa shape index (κ2) is 14.6. The van der Waals surface area contributed by atoms with Gasteiger partial charge in [-0.1, -0.05) is 65.8 Å². The number of ether oxygens (including phenoxy) is 1. The van der Waals surface area contributed by atoms with Crippen LogP contribution >= 0.6 is 0 Å². The van der Waals surface area contributed by atoms with Gasteiger partial charge in [-0.05, 0) is 96.7 Å². The molecule has 0 saturated carbocycles. The average Bonchev–Trinajstić information content (AvgIpc) is 2.81. The Kier molecular flexibility index (Phi) is 12.5. The van der Waals surface area contributed by atoms with Crippen LogP contribution in [0.4, 0.5) is 0 Å². The Morgan fingerprint density at radius 2 is 1.38 bits per heavy atom. The number of carboxylic acid groups (broad SMARTS) is 1. The average molecular weight is 571 g/mol. The molecular formula is C32H50O5Si2. The maximum Gasteiger partial charge on any atom is 0.303 e. The smallest absolute Gasteiger partial charge is 0.303 e. The molecular weight excluding hydrogens is 521 g/mol. The number of hydrogen-bond acceptors (Lipinski definition) is 4. The van der Waals surface area contributed by atoms with E-state index in [0.717, 1.165) is 29.7 Å². The molecule has 0 aliphatic rings. The highest BCUT2D eigenvalue weighted by atomic mass is 28.3. The second-order valence-corrected chi connectivity index (χ2v) is 17.1. The van der Waals surface area contributed by atoms with Crippen LogP contribution in [0.2, 0.25) is 26.2 Å². The minimum atomic E-state index is -0.947. The zero-order chi connectivity index (χ0) is 29.4. The van der Waals surface area contributed by atoms with Gasteiger partial charge in [0.1, 0.15) is 12.4 Å². The van der Waals surface area contributed by atoms with Gasteiger partial charge in [0.25, 0.3) is 0 Å². The molecule has 2 aromatic rings. The number of aliphatic carboxylic acids is 1. The number of aryl methyl sites for hydroxylation is 1. The third-order valence-electron chi connectivity index (χ3n) is 6.41. The van der Waals surface area contributed by atoms with Crippen LogP contribution in [0.15, 0.2) is 42.5 Å². The summed E-state index contributed by atoms with van der Waals surface area (Å²) in [7, 11) is -1.87. The van der Waals surface area contributed by atoms with Crippen LogP contribution in [0.3, 0.4) is 0 Å². The molecule has 0 spiro atoms. The highest BCUT2D eigenvalue weighted by molar-refractivity contribution is 6.48. The van der Waals surface area contributed by atoms with Gasteiger partial charge in [-0.15, -0.1) is 0 Å². The first-order chi connectivity index (χ1) is 18.1. The molecule has 2 rings (SSSR count). The van der Waals surface area contributed by atoms with E-state index in [1.54, 1.807) is 0 Å². The lowest BCUT2D eigenvalue weighted by Gasteiger charge is -2.39. The molecule has 2 unspecified atom stereocenters. The van der Waals surface area contributed by atoms with Crippen LogP contribution in [0.1, 0.15) is 95.3 Å². The molecule has 39 heavy (non-hydrogen) atoms. The Morgan fingerprint density at radius 1 is 0.795 bits per heavy atom. The van der Waals surface area contributed by atoms with E-state index in [0.29, 0.717) is 13.0 Å².